The minimum atomic E-state index is 0.609. The van der Waals surface area contributed by atoms with Crippen molar-refractivity contribution in [1.29, 1.82) is 0 Å². The predicted octanol–water partition coefficient (Wildman–Crippen LogP) is -0.548. The molecule has 0 bridgehead atoms. The second-order valence-corrected chi connectivity index (χ2v) is 2.10. The topological polar surface area (TPSA) is 71.7 Å². The van der Waals surface area contributed by atoms with Crippen LogP contribution in [0, 0.1) is 0 Å². The van der Waals surface area contributed by atoms with E-state index in [0.29, 0.717) is 19.1 Å². The van der Waals surface area contributed by atoms with Crippen LogP contribution >= 0.6 is 0 Å². The number of hydrazine groups is 1. The van der Waals surface area contributed by atoms with E-state index in [-0.39, 0.29) is 0 Å². The Hall–Kier alpha value is -0.810. The van der Waals surface area contributed by atoms with Gasteiger partial charge in [0.15, 0.2) is 0 Å². The summed E-state index contributed by atoms with van der Waals surface area (Å²) >= 11 is 0. The highest BCUT2D eigenvalue weighted by molar-refractivity contribution is 5.78. The molecule has 0 aromatic rings. The fourth-order valence-electron chi connectivity index (χ4n) is 0.686. The van der Waals surface area contributed by atoms with Gasteiger partial charge in [-0.1, -0.05) is 0 Å². The van der Waals surface area contributed by atoms with Crippen molar-refractivity contribution in [3.05, 3.63) is 0 Å². The highest BCUT2D eigenvalue weighted by Crippen LogP contribution is 1.75. The van der Waals surface area contributed by atoms with Crippen molar-refractivity contribution in [2.24, 2.45) is 10.8 Å². The average molecular weight is 174 g/mol. The molecule has 0 rings (SSSR count). The first kappa shape index (κ1) is 11.2. The molecular formula is C7H18N4O. The van der Waals surface area contributed by atoms with Crippen LogP contribution in [0.2, 0.25) is 0 Å². The zero-order chi connectivity index (χ0) is 9.23. The zero-order valence-electron chi connectivity index (χ0n) is 7.76. The molecule has 12 heavy (non-hydrogen) atoms. The van der Waals surface area contributed by atoms with Gasteiger partial charge in [0.2, 0.25) is 5.96 Å². The number of nitrogens with two attached hydrogens (primary N) is 1. The maximum absolute atomic E-state index is 5.19. The van der Waals surface area contributed by atoms with Crippen molar-refractivity contribution < 1.29 is 4.74 Å². The molecule has 0 unspecified atom stereocenters. The summed E-state index contributed by atoms with van der Waals surface area (Å²) in [4.78, 5) is 4.11. The third-order valence-corrected chi connectivity index (χ3v) is 1.19. The fourth-order valence-corrected chi connectivity index (χ4v) is 0.686. The maximum Gasteiger partial charge on any atom is 0.205 e. The summed E-state index contributed by atoms with van der Waals surface area (Å²) < 4.78 is 5.10. The second-order valence-electron chi connectivity index (χ2n) is 2.10. The Balaban J connectivity index is 3.48. The summed E-state index contributed by atoms with van der Waals surface area (Å²) in [5.41, 5.74) is 2.46. The van der Waals surface area contributed by atoms with Crippen molar-refractivity contribution in [3.8, 4) is 0 Å². The number of hydrogen-bond acceptors (Lipinski definition) is 3. The number of nitrogens with zero attached hydrogens (tertiary/aromatic N) is 1. The molecule has 0 fully saturated rings. The van der Waals surface area contributed by atoms with Crippen LogP contribution < -0.4 is 16.6 Å². The van der Waals surface area contributed by atoms with Crippen molar-refractivity contribution >= 4 is 5.96 Å². The molecule has 0 aliphatic heterocycles. The lowest BCUT2D eigenvalue weighted by molar-refractivity contribution is 0.155. The minimum Gasteiger partial charge on any atom is -0.380 e. The van der Waals surface area contributed by atoms with Crippen LogP contribution in [0.1, 0.15) is 13.8 Å². The highest BCUT2D eigenvalue weighted by Gasteiger charge is 1.90. The van der Waals surface area contributed by atoms with E-state index in [2.05, 4.69) is 15.7 Å². The van der Waals surface area contributed by atoms with Gasteiger partial charge in [0.25, 0.3) is 0 Å². The Kier molecular flexibility index (Phi) is 7.73. The molecule has 0 aliphatic rings. The zero-order valence-corrected chi connectivity index (χ0v) is 7.76. The van der Waals surface area contributed by atoms with Crippen LogP contribution in [0.15, 0.2) is 4.99 Å². The van der Waals surface area contributed by atoms with Crippen LogP contribution in [-0.2, 0) is 4.74 Å². The number of guanidine groups is 1. The van der Waals surface area contributed by atoms with Crippen molar-refractivity contribution in [2.75, 3.05) is 26.3 Å². The molecule has 0 atom stereocenters. The van der Waals surface area contributed by atoms with E-state index in [4.69, 9.17) is 10.6 Å². The minimum absolute atomic E-state index is 0.609. The van der Waals surface area contributed by atoms with Crippen LogP contribution in [0.3, 0.4) is 0 Å². The molecular weight excluding hydrogens is 156 g/mol. The van der Waals surface area contributed by atoms with E-state index in [9.17, 15) is 0 Å². The quantitative estimate of drug-likeness (QED) is 0.172. The summed E-state index contributed by atoms with van der Waals surface area (Å²) in [5, 5.41) is 2.97. The third kappa shape index (κ3) is 5.94. The molecule has 0 heterocycles. The number of ether oxygens (including phenoxy) is 1. The van der Waals surface area contributed by atoms with Crippen LogP contribution in [-0.4, -0.2) is 32.3 Å². The molecule has 0 saturated heterocycles. The summed E-state index contributed by atoms with van der Waals surface area (Å²) in [7, 11) is 0. The molecule has 0 radical (unpaired) electrons. The third-order valence-electron chi connectivity index (χ3n) is 1.19. The van der Waals surface area contributed by atoms with E-state index in [0.717, 1.165) is 13.2 Å². The van der Waals surface area contributed by atoms with Gasteiger partial charge in [0.1, 0.15) is 0 Å². The molecule has 0 aromatic carbocycles. The Morgan fingerprint density at radius 1 is 1.50 bits per heavy atom. The van der Waals surface area contributed by atoms with Gasteiger partial charge in [-0.3, -0.25) is 5.43 Å². The van der Waals surface area contributed by atoms with E-state index in [1.54, 1.807) is 0 Å². The van der Waals surface area contributed by atoms with Gasteiger partial charge in [-0.15, -0.1) is 0 Å². The summed E-state index contributed by atoms with van der Waals surface area (Å²) in [6.07, 6.45) is 0. The molecule has 5 nitrogen and oxygen atoms in total. The normalized spacial score (nSPS) is 11.4. The standard InChI is InChI=1S/C7H18N4O/c1-3-9-7(11-8)10-5-6-12-4-2/h3-6,8H2,1-2H3,(H2,9,10,11). The van der Waals surface area contributed by atoms with Gasteiger partial charge < -0.3 is 10.1 Å². The van der Waals surface area contributed by atoms with Gasteiger partial charge in [-0.2, -0.15) is 0 Å². The van der Waals surface area contributed by atoms with Gasteiger partial charge in [-0.05, 0) is 13.8 Å². The Bertz CT molecular complexity index is 127. The number of aliphatic imine (C=N–C) groups is 1. The van der Waals surface area contributed by atoms with E-state index in [1.807, 2.05) is 13.8 Å². The summed E-state index contributed by atoms with van der Waals surface area (Å²) in [5.74, 6) is 5.80. The van der Waals surface area contributed by atoms with Crippen LogP contribution in [0.4, 0.5) is 0 Å². The van der Waals surface area contributed by atoms with E-state index >= 15 is 0 Å². The first-order valence-corrected chi connectivity index (χ1v) is 4.17. The summed E-state index contributed by atoms with van der Waals surface area (Å²) in [6, 6.07) is 0. The number of hydrogen-bond donors (Lipinski definition) is 3. The molecule has 0 saturated carbocycles. The van der Waals surface area contributed by atoms with Gasteiger partial charge in [0, 0.05) is 13.2 Å². The lowest BCUT2D eigenvalue weighted by Gasteiger charge is -2.05. The number of nitrogens with one attached hydrogen (secondary N) is 2. The van der Waals surface area contributed by atoms with Crippen molar-refractivity contribution in [3.63, 3.8) is 0 Å². The molecule has 72 valence electrons. The van der Waals surface area contributed by atoms with E-state index < -0.39 is 0 Å². The molecule has 0 aliphatic carbocycles. The molecule has 0 aromatic heterocycles. The Morgan fingerprint density at radius 3 is 2.75 bits per heavy atom. The highest BCUT2D eigenvalue weighted by atomic mass is 16.5. The largest absolute Gasteiger partial charge is 0.380 e. The SMILES string of the molecule is CCNC(=NCCOCC)NN. The molecule has 0 amide bonds. The van der Waals surface area contributed by atoms with Crippen molar-refractivity contribution in [1.82, 2.24) is 10.7 Å². The smallest absolute Gasteiger partial charge is 0.205 e. The van der Waals surface area contributed by atoms with E-state index in [1.165, 1.54) is 0 Å². The summed E-state index contributed by atoms with van der Waals surface area (Å²) in [6.45, 7) is 6.72. The molecule has 4 N–H and O–H groups in total. The Labute approximate surface area is 73.3 Å². The number of rotatable bonds is 5. The Morgan fingerprint density at radius 2 is 2.25 bits per heavy atom. The fraction of sp³-hybridized carbons (Fsp3) is 0.857. The van der Waals surface area contributed by atoms with Gasteiger partial charge in [0.05, 0.1) is 13.2 Å². The lowest BCUT2D eigenvalue weighted by Crippen LogP contribution is -2.41. The molecule has 0 spiro atoms. The molecule has 5 heteroatoms. The second kappa shape index (κ2) is 8.29. The predicted molar refractivity (Wildman–Crippen MR) is 49.8 cm³/mol. The maximum atomic E-state index is 5.19. The van der Waals surface area contributed by atoms with Crippen molar-refractivity contribution in [2.45, 2.75) is 13.8 Å². The van der Waals surface area contributed by atoms with Crippen LogP contribution in [0.5, 0.6) is 0 Å². The van der Waals surface area contributed by atoms with Gasteiger partial charge >= 0.3 is 0 Å². The average Bonchev–Trinajstić information content (AvgIpc) is 2.10. The van der Waals surface area contributed by atoms with Gasteiger partial charge in [-0.25, -0.2) is 10.8 Å². The first-order chi connectivity index (χ1) is 5.85. The monoisotopic (exact) mass is 174 g/mol. The lowest BCUT2D eigenvalue weighted by atomic mass is 10.7. The van der Waals surface area contributed by atoms with Crippen LogP contribution in [0.25, 0.3) is 0 Å². The first-order valence-electron chi connectivity index (χ1n) is 4.17.